The summed E-state index contributed by atoms with van der Waals surface area (Å²) in [5, 5.41) is 15.2. The topological polar surface area (TPSA) is 254 Å². The highest BCUT2D eigenvalue weighted by Gasteiger charge is 2.39. The van der Waals surface area contributed by atoms with Gasteiger partial charge in [-0.1, -0.05) is 77.9 Å². The number of hydrogen-bond donors (Lipinski definition) is 6. The van der Waals surface area contributed by atoms with Crippen molar-refractivity contribution in [1.82, 2.24) is 45.4 Å². The molecule has 5 aromatic rings. The number of carbonyl (C=O) groups excluding carboxylic acids is 5. The number of rotatable bonds is 15. The van der Waals surface area contributed by atoms with Gasteiger partial charge < -0.3 is 54.7 Å². The molecule has 2 aromatic carbocycles. The zero-order chi connectivity index (χ0) is 51.0. The Morgan fingerprint density at radius 3 is 1.63 bits per heavy atom. The van der Waals surface area contributed by atoms with Crippen LogP contribution in [0.5, 0.6) is 0 Å². The number of alkyl carbamates (subject to hydrolysis) is 2. The van der Waals surface area contributed by atoms with E-state index < -0.39 is 42.1 Å². The smallest absolute Gasteiger partial charge is 0.407 e. The Labute approximate surface area is 407 Å². The lowest BCUT2D eigenvalue weighted by Crippen LogP contribution is -2.51. The van der Waals surface area contributed by atoms with E-state index in [2.05, 4.69) is 72.8 Å². The van der Waals surface area contributed by atoms with Crippen LogP contribution >= 0.6 is 0 Å². The maximum absolute atomic E-state index is 13.7. The Morgan fingerprint density at radius 2 is 1.16 bits per heavy atom. The van der Waals surface area contributed by atoms with E-state index in [1.54, 1.807) is 13.8 Å². The van der Waals surface area contributed by atoms with Crippen LogP contribution in [0, 0.1) is 30.6 Å². The van der Waals surface area contributed by atoms with Crippen molar-refractivity contribution in [2.45, 2.75) is 105 Å². The number of benzene rings is 2. The van der Waals surface area contributed by atoms with Crippen molar-refractivity contribution in [2.75, 3.05) is 34.4 Å². The molecule has 5 atom stereocenters. The highest BCUT2D eigenvalue weighted by Crippen LogP contribution is 2.39. The molecule has 19 heteroatoms. The van der Waals surface area contributed by atoms with Crippen LogP contribution in [0.3, 0.4) is 0 Å². The second kappa shape index (κ2) is 23.0. The summed E-state index contributed by atoms with van der Waals surface area (Å²) in [5.41, 5.74) is 7.75. The Morgan fingerprint density at radius 1 is 0.671 bits per heavy atom. The van der Waals surface area contributed by atoms with Gasteiger partial charge in [-0.05, 0) is 73.1 Å². The third-order valence-corrected chi connectivity index (χ3v) is 13.1. The molecule has 4 amide bonds. The molecule has 7 rings (SSSR count). The quantitative estimate of drug-likeness (QED) is 0.0432. The highest BCUT2D eigenvalue weighted by atomic mass is 16.5. The second-order valence-corrected chi connectivity index (χ2v) is 18.9. The van der Waals surface area contributed by atoms with Crippen molar-refractivity contribution >= 4 is 46.8 Å². The SMILES string of the molecule is COC(=O)C[C@H](C(=O)O)C(C)C.COC(=O)N[C@H](C(=O)N1CCC[C@H]1c1ncc(-c2ccc(-c3ccc(-c4cnc([C@@H]5CCCN5C(=O)[C@@H](NC(=O)OC)C(C)C)[nH]4)c4[nH]c(C)cc34)cc2)[nH]1)C(C)C. The first-order valence-electron chi connectivity index (χ1n) is 23.8. The minimum absolute atomic E-state index is 0.0521. The first kappa shape index (κ1) is 52.2. The van der Waals surface area contributed by atoms with E-state index in [-0.39, 0.29) is 48.1 Å². The normalized spacial score (nSPS) is 17.0. The number of hydrogen-bond acceptors (Lipinski definition) is 11. The Bertz CT molecular complexity index is 2650. The molecule has 5 heterocycles. The van der Waals surface area contributed by atoms with E-state index in [1.807, 2.05) is 56.8 Å². The van der Waals surface area contributed by atoms with Gasteiger partial charge in [0.05, 0.1) is 75.1 Å². The molecule has 2 aliphatic heterocycles. The molecule has 6 N–H and O–H groups in total. The first-order valence-corrected chi connectivity index (χ1v) is 23.8. The van der Waals surface area contributed by atoms with E-state index in [9.17, 15) is 28.8 Å². The summed E-state index contributed by atoms with van der Waals surface area (Å²) >= 11 is 0. The minimum Gasteiger partial charge on any atom is -0.481 e. The molecule has 19 nitrogen and oxygen atoms in total. The lowest BCUT2D eigenvalue weighted by molar-refractivity contribution is -0.151. The average Bonchev–Trinajstić information content (AvgIpc) is 4.20. The number of aryl methyl sites for hydroxylation is 1. The molecule has 0 spiro atoms. The van der Waals surface area contributed by atoms with Crippen LogP contribution in [-0.4, -0.2) is 122 Å². The van der Waals surface area contributed by atoms with Gasteiger partial charge in [0.2, 0.25) is 11.8 Å². The van der Waals surface area contributed by atoms with Gasteiger partial charge in [-0.25, -0.2) is 19.6 Å². The van der Waals surface area contributed by atoms with E-state index >= 15 is 0 Å². The molecule has 0 radical (unpaired) electrons. The molecule has 0 bridgehead atoms. The number of aliphatic carboxylic acids is 1. The van der Waals surface area contributed by atoms with Gasteiger partial charge in [0.15, 0.2) is 0 Å². The van der Waals surface area contributed by atoms with E-state index in [0.717, 1.165) is 81.7 Å². The van der Waals surface area contributed by atoms with Crippen LogP contribution in [-0.2, 0) is 33.4 Å². The number of nitrogens with zero attached hydrogens (tertiary/aromatic N) is 4. The molecule has 70 heavy (non-hydrogen) atoms. The minimum atomic E-state index is -0.949. The zero-order valence-electron chi connectivity index (χ0n) is 41.7. The number of likely N-dealkylation sites (tertiary alicyclic amines) is 2. The Kier molecular flexibility index (Phi) is 17.1. The fourth-order valence-corrected chi connectivity index (χ4v) is 9.21. The predicted molar refractivity (Wildman–Crippen MR) is 262 cm³/mol. The molecular formula is C51H67N9O10. The van der Waals surface area contributed by atoms with Crippen molar-refractivity contribution < 1.29 is 48.1 Å². The molecule has 2 fully saturated rings. The summed E-state index contributed by atoms with van der Waals surface area (Å²) in [6.07, 6.45) is 5.54. The number of carboxylic acid groups (broad SMARTS) is 1. The molecule has 3 aromatic heterocycles. The number of fused-ring (bicyclic) bond motifs is 1. The van der Waals surface area contributed by atoms with Gasteiger partial charge in [0, 0.05) is 29.7 Å². The second-order valence-electron chi connectivity index (χ2n) is 18.9. The van der Waals surface area contributed by atoms with E-state index in [0.29, 0.717) is 18.9 Å². The van der Waals surface area contributed by atoms with Crippen LogP contribution in [0.15, 0.2) is 54.9 Å². The number of H-pyrrole nitrogens is 3. The van der Waals surface area contributed by atoms with Crippen molar-refractivity contribution in [3.05, 3.63) is 72.2 Å². The Balaban J connectivity index is 0.000000592. The van der Waals surface area contributed by atoms with Gasteiger partial charge >= 0.3 is 24.1 Å². The van der Waals surface area contributed by atoms with Crippen LogP contribution in [0.1, 0.15) is 103 Å². The summed E-state index contributed by atoms with van der Waals surface area (Å²) in [6, 6.07) is 12.8. The average molecular weight is 966 g/mol. The van der Waals surface area contributed by atoms with Gasteiger partial charge in [-0.3, -0.25) is 19.2 Å². The molecular weight excluding hydrogens is 899 g/mol. The van der Waals surface area contributed by atoms with Crippen LogP contribution in [0.4, 0.5) is 9.59 Å². The number of methoxy groups -OCH3 is 3. The van der Waals surface area contributed by atoms with E-state index in [1.165, 1.54) is 21.3 Å². The fraction of sp³-hybridized carbons (Fsp3) is 0.490. The summed E-state index contributed by atoms with van der Waals surface area (Å²) in [6.45, 7) is 14.3. The molecule has 0 saturated carbocycles. The number of carbonyl (C=O) groups is 6. The number of esters is 1. The maximum atomic E-state index is 13.7. The van der Waals surface area contributed by atoms with Crippen molar-refractivity contribution in [2.24, 2.45) is 23.7 Å². The number of amides is 4. The van der Waals surface area contributed by atoms with Gasteiger partial charge in [0.1, 0.15) is 23.7 Å². The number of ether oxygens (including phenoxy) is 3. The Hall–Kier alpha value is -7.18. The lowest BCUT2D eigenvalue weighted by atomic mass is 9.93. The number of carboxylic acids is 1. The van der Waals surface area contributed by atoms with Crippen LogP contribution in [0.2, 0.25) is 0 Å². The summed E-state index contributed by atoms with van der Waals surface area (Å²) in [4.78, 5) is 96.3. The van der Waals surface area contributed by atoms with Crippen LogP contribution in [0.25, 0.3) is 44.5 Å². The van der Waals surface area contributed by atoms with Crippen molar-refractivity contribution in [1.29, 1.82) is 0 Å². The van der Waals surface area contributed by atoms with Crippen molar-refractivity contribution in [3.8, 4) is 33.6 Å². The van der Waals surface area contributed by atoms with E-state index in [4.69, 9.17) is 24.5 Å². The summed E-state index contributed by atoms with van der Waals surface area (Å²) < 4.78 is 13.9. The standard InChI is InChI=1S/C43H53N9O6.C8H14O4/c1-23(2)35(49-42(55)57-6)40(53)51-18-8-10-33(51)38-44-21-31(47-38)27-14-12-26(13-15-27)28-16-17-29(37-30(28)20-25(5)46-37)32-22-45-39(48-32)34-11-9-19-52(34)41(54)36(24(3)4)50-43(56)58-7;1-5(2)6(8(10)11)4-7(9)12-3/h12-17,20-24,33-36,46H,8-11,18-19H2,1-7H3,(H,44,47)(H,45,48)(H,49,55)(H,50,56);5-6H,4H2,1-3H3,(H,10,11)/t33-,34-,35-,36-;6-/m00/s1. The van der Waals surface area contributed by atoms with Gasteiger partial charge in [-0.2, -0.15) is 0 Å². The monoisotopic (exact) mass is 966 g/mol. The number of aromatic nitrogens is 5. The molecule has 2 saturated heterocycles. The number of aromatic amines is 3. The maximum Gasteiger partial charge on any atom is 0.407 e. The van der Waals surface area contributed by atoms with Crippen molar-refractivity contribution in [3.63, 3.8) is 0 Å². The number of nitrogens with one attached hydrogen (secondary N) is 5. The van der Waals surface area contributed by atoms with Crippen LogP contribution < -0.4 is 10.6 Å². The third-order valence-electron chi connectivity index (χ3n) is 13.1. The first-order chi connectivity index (χ1) is 33.4. The van der Waals surface area contributed by atoms with Gasteiger partial charge in [-0.15, -0.1) is 0 Å². The largest absolute Gasteiger partial charge is 0.481 e. The highest BCUT2D eigenvalue weighted by molar-refractivity contribution is 6.03. The molecule has 0 aliphatic carbocycles. The predicted octanol–water partition coefficient (Wildman–Crippen LogP) is 7.92. The molecule has 0 unspecified atom stereocenters. The third kappa shape index (κ3) is 11.8. The zero-order valence-corrected chi connectivity index (χ0v) is 41.7. The summed E-state index contributed by atoms with van der Waals surface area (Å²) in [7, 11) is 3.83. The molecule has 2 aliphatic rings. The lowest BCUT2D eigenvalue weighted by Gasteiger charge is -2.30. The summed E-state index contributed by atoms with van der Waals surface area (Å²) in [5.74, 6) is -1.21. The number of imidazole rings is 2. The fourth-order valence-electron chi connectivity index (χ4n) is 9.21. The van der Waals surface area contributed by atoms with Gasteiger partial charge in [0.25, 0.3) is 0 Å². The molecule has 376 valence electrons.